The second kappa shape index (κ2) is 55.0. The quantitative estimate of drug-likeness (QED) is 0.0199. The van der Waals surface area contributed by atoms with Crippen LogP contribution in [0.15, 0.2) is 48.6 Å². The summed E-state index contributed by atoms with van der Waals surface area (Å²) < 4.78 is 16.8. The normalized spacial score (nSPS) is 12.3. The first-order valence-corrected chi connectivity index (χ1v) is 28.7. The summed E-state index contributed by atoms with van der Waals surface area (Å²) in [6.45, 7) is 6.53. The monoisotopic (exact) mass is 925 g/mol. The minimum atomic E-state index is -0.783. The highest BCUT2D eigenvalue weighted by molar-refractivity contribution is 5.71. The zero-order chi connectivity index (χ0) is 47.9. The Kier molecular flexibility index (Phi) is 52.8. The number of esters is 3. The lowest BCUT2D eigenvalue weighted by atomic mass is 10.0. The van der Waals surface area contributed by atoms with E-state index in [4.69, 9.17) is 14.2 Å². The van der Waals surface area contributed by atoms with Gasteiger partial charge in [-0.1, -0.05) is 256 Å². The van der Waals surface area contributed by atoms with Gasteiger partial charge in [0.15, 0.2) is 6.10 Å². The van der Waals surface area contributed by atoms with Crippen LogP contribution in [0.1, 0.15) is 297 Å². The molecule has 0 saturated heterocycles. The Labute approximate surface area is 409 Å². The Morgan fingerprint density at radius 2 is 0.636 bits per heavy atom. The number of unbranched alkanes of at least 4 members (excludes halogenated alkanes) is 34. The summed E-state index contributed by atoms with van der Waals surface area (Å²) in [6, 6.07) is 0. The van der Waals surface area contributed by atoms with Gasteiger partial charge in [0, 0.05) is 19.3 Å². The van der Waals surface area contributed by atoms with Gasteiger partial charge in [0.2, 0.25) is 0 Å². The molecule has 0 saturated carbocycles. The Morgan fingerprint density at radius 3 is 1.00 bits per heavy atom. The highest BCUT2D eigenvalue weighted by atomic mass is 16.6. The lowest BCUT2D eigenvalue weighted by Crippen LogP contribution is -2.30. The van der Waals surface area contributed by atoms with Crippen molar-refractivity contribution >= 4 is 17.9 Å². The van der Waals surface area contributed by atoms with E-state index in [1.807, 2.05) is 0 Å². The Morgan fingerprint density at radius 1 is 0.333 bits per heavy atom. The molecule has 0 fully saturated rings. The molecular weight excluding hydrogens is 817 g/mol. The van der Waals surface area contributed by atoms with Gasteiger partial charge in [0.25, 0.3) is 0 Å². The third-order valence-corrected chi connectivity index (χ3v) is 12.6. The zero-order valence-corrected chi connectivity index (χ0v) is 44.0. The number of allylic oxidation sites excluding steroid dienone is 8. The van der Waals surface area contributed by atoms with E-state index in [0.717, 1.165) is 103 Å². The molecule has 6 nitrogen and oxygen atoms in total. The van der Waals surface area contributed by atoms with E-state index in [-0.39, 0.29) is 31.1 Å². The zero-order valence-electron chi connectivity index (χ0n) is 44.0. The van der Waals surface area contributed by atoms with Gasteiger partial charge in [0.05, 0.1) is 0 Å². The van der Waals surface area contributed by atoms with Crippen LogP contribution < -0.4 is 0 Å². The molecule has 0 rings (SSSR count). The number of hydrogen-bond donors (Lipinski definition) is 0. The maximum absolute atomic E-state index is 12.8. The third kappa shape index (κ3) is 52.3. The van der Waals surface area contributed by atoms with Gasteiger partial charge in [-0.25, -0.2) is 0 Å². The van der Waals surface area contributed by atoms with Crippen molar-refractivity contribution < 1.29 is 28.6 Å². The van der Waals surface area contributed by atoms with Crippen molar-refractivity contribution in [1.29, 1.82) is 0 Å². The summed E-state index contributed by atoms with van der Waals surface area (Å²) in [5.41, 5.74) is 0. The summed E-state index contributed by atoms with van der Waals surface area (Å²) in [5.74, 6) is -0.897. The first kappa shape index (κ1) is 63.4. The lowest BCUT2D eigenvalue weighted by Gasteiger charge is -2.18. The van der Waals surface area contributed by atoms with Gasteiger partial charge >= 0.3 is 17.9 Å². The molecular formula is C60H108O6. The Balaban J connectivity index is 4.35. The van der Waals surface area contributed by atoms with Crippen molar-refractivity contribution in [2.75, 3.05) is 13.2 Å². The molecule has 0 aliphatic heterocycles. The number of hydrogen-bond acceptors (Lipinski definition) is 6. The standard InChI is InChI=1S/C60H108O6/c1-4-7-10-13-16-19-22-25-27-29-31-33-35-38-41-44-47-50-53-59(62)65-56-57(55-64-58(61)52-49-46-43-40-37-24-21-18-15-12-9-6-3)66-60(63)54-51-48-45-42-39-36-34-32-30-28-26-23-20-17-14-11-8-5-2/h9,12,18,21,27,29,31,33,57H,4-8,10-11,13-17,19-20,22-26,28,30,32,34-56H2,1-3H3/b12-9-,21-18-,29-27-,33-31-. The molecule has 66 heavy (non-hydrogen) atoms. The average Bonchev–Trinajstić information content (AvgIpc) is 3.31. The van der Waals surface area contributed by atoms with Crippen LogP contribution in [-0.2, 0) is 28.6 Å². The first-order valence-electron chi connectivity index (χ1n) is 28.7. The molecule has 6 heteroatoms. The first-order chi connectivity index (χ1) is 32.5. The fraction of sp³-hybridized carbons (Fsp3) is 0.817. The maximum Gasteiger partial charge on any atom is 0.306 e. The van der Waals surface area contributed by atoms with E-state index >= 15 is 0 Å². The molecule has 0 amide bonds. The highest BCUT2D eigenvalue weighted by Crippen LogP contribution is 2.16. The SMILES string of the molecule is CC/C=C\C/C=C\CCCCCCCC(=O)OCC(COC(=O)CCCCCCC/C=C\C=C/CCCCCCCCC)OC(=O)CCCCCCCCCCCCCCCCCCCC. The van der Waals surface area contributed by atoms with E-state index in [9.17, 15) is 14.4 Å². The van der Waals surface area contributed by atoms with Crippen LogP contribution in [-0.4, -0.2) is 37.2 Å². The topological polar surface area (TPSA) is 78.9 Å². The van der Waals surface area contributed by atoms with Gasteiger partial charge in [-0.15, -0.1) is 0 Å². The van der Waals surface area contributed by atoms with Gasteiger partial charge in [-0.05, 0) is 70.6 Å². The molecule has 0 aliphatic carbocycles. The van der Waals surface area contributed by atoms with Crippen molar-refractivity contribution in [3.8, 4) is 0 Å². The molecule has 0 bridgehead atoms. The highest BCUT2D eigenvalue weighted by Gasteiger charge is 2.19. The summed E-state index contributed by atoms with van der Waals surface area (Å²) in [7, 11) is 0. The summed E-state index contributed by atoms with van der Waals surface area (Å²) in [6.07, 6.45) is 66.8. The molecule has 0 aromatic rings. The summed E-state index contributed by atoms with van der Waals surface area (Å²) in [4.78, 5) is 38.1. The van der Waals surface area contributed by atoms with E-state index in [0.29, 0.717) is 19.3 Å². The smallest absolute Gasteiger partial charge is 0.306 e. The van der Waals surface area contributed by atoms with Gasteiger partial charge in [0.1, 0.15) is 13.2 Å². The van der Waals surface area contributed by atoms with Crippen LogP contribution in [0, 0.1) is 0 Å². The lowest BCUT2D eigenvalue weighted by molar-refractivity contribution is -0.167. The van der Waals surface area contributed by atoms with Crippen molar-refractivity contribution in [1.82, 2.24) is 0 Å². The number of carbonyl (C=O) groups is 3. The minimum Gasteiger partial charge on any atom is -0.462 e. The summed E-state index contributed by atoms with van der Waals surface area (Å²) >= 11 is 0. The molecule has 0 N–H and O–H groups in total. The van der Waals surface area contributed by atoms with Crippen LogP contribution in [0.25, 0.3) is 0 Å². The van der Waals surface area contributed by atoms with E-state index in [2.05, 4.69) is 69.4 Å². The molecule has 0 aliphatic rings. The molecule has 0 aromatic carbocycles. The molecule has 1 unspecified atom stereocenters. The minimum absolute atomic E-state index is 0.0831. The van der Waals surface area contributed by atoms with E-state index < -0.39 is 6.10 Å². The third-order valence-electron chi connectivity index (χ3n) is 12.6. The van der Waals surface area contributed by atoms with Crippen LogP contribution in [0.5, 0.6) is 0 Å². The maximum atomic E-state index is 12.8. The van der Waals surface area contributed by atoms with Crippen molar-refractivity contribution in [2.45, 2.75) is 303 Å². The van der Waals surface area contributed by atoms with Crippen molar-refractivity contribution in [3.63, 3.8) is 0 Å². The average molecular weight is 926 g/mol. The largest absolute Gasteiger partial charge is 0.462 e. The van der Waals surface area contributed by atoms with Gasteiger partial charge in [-0.3, -0.25) is 14.4 Å². The predicted octanol–water partition coefficient (Wildman–Crippen LogP) is 19.0. The van der Waals surface area contributed by atoms with E-state index in [1.54, 1.807) is 0 Å². The van der Waals surface area contributed by atoms with E-state index in [1.165, 1.54) is 154 Å². The fourth-order valence-corrected chi connectivity index (χ4v) is 8.30. The van der Waals surface area contributed by atoms with Crippen molar-refractivity contribution in [3.05, 3.63) is 48.6 Å². The molecule has 1 atom stereocenters. The second-order valence-corrected chi connectivity index (χ2v) is 19.2. The fourth-order valence-electron chi connectivity index (χ4n) is 8.30. The van der Waals surface area contributed by atoms with Crippen LogP contribution in [0.2, 0.25) is 0 Å². The Bertz CT molecular complexity index is 1150. The van der Waals surface area contributed by atoms with Gasteiger partial charge in [-0.2, -0.15) is 0 Å². The molecule has 0 radical (unpaired) electrons. The van der Waals surface area contributed by atoms with Crippen LogP contribution >= 0.6 is 0 Å². The summed E-state index contributed by atoms with van der Waals surface area (Å²) in [5, 5.41) is 0. The molecule has 0 spiro atoms. The number of ether oxygens (including phenoxy) is 3. The predicted molar refractivity (Wildman–Crippen MR) is 284 cm³/mol. The van der Waals surface area contributed by atoms with Crippen LogP contribution in [0.4, 0.5) is 0 Å². The van der Waals surface area contributed by atoms with Gasteiger partial charge < -0.3 is 14.2 Å². The molecule has 0 heterocycles. The number of rotatable bonds is 52. The number of carbonyl (C=O) groups excluding carboxylic acids is 3. The van der Waals surface area contributed by atoms with Crippen LogP contribution in [0.3, 0.4) is 0 Å². The molecule has 0 aromatic heterocycles. The molecule has 384 valence electrons. The van der Waals surface area contributed by atoms with Crippen molar-refractivity contribution in [2.24, 2.45) is 0 Å². The second-order valence-electron chi connectivity index (χ2n) is 19.2. The Hall–Kier alpha value is -2.63.